The molecule has 0 bridgehead atoms. The van der Waals surface area contributed by atoms with Crippen LogP contribution in [0.25, 0.3) is 5.65 Å². The van der Waals surface area contributed by atoms with Gasteiger partial charge in [0.15, 0.2) is 11.5 Å². The van der Waals surface area contributed by atoms with Crippen molar-refractivity contribution >= 4 is 17.4 Å². The van der Waals surface area contributed by atoms with Gasteiger partial charge < -0.3 is 10.2 Å². The average Bonchev–Trinajstić information content (AvgIpc) is 2.93. The largest absolute Gasteiger partial charge is 0.405 e. The molecule has 1 unspecified atom stereocenters. The molecule has 1 aliphatic rings. The molecule has 0 spiro atoms. The summed E-state index contributed by atoms with van der Waals surface area (Å²) >= 11 is 0. The monoisotopic (exact) mass is 342 g/mol. The van der Waals surface area contributed by atoms with E-state index < -0.39 is 24.5 Å². The van der Waals surface area contributed by atoms with Gasteiger partial charge in [0, 0.05) is 13.1 Å². The maximum atomic E-state index is 12.2. The minimum atomic E-state index is -4.40. The minimum absolute atomic E-state index is 0.337. The van der Waals surface area contributed by atoms with Crippen molar-refractivity contribution in [1.82, 2.24) is 25.1 Å². The van der Waals surface area contributed by atoms with Gasteiger partial charge in [-0.2, -0.15) is 17.7 Å². The van der Waals surface area contributed by atoms with E-state index in [0.717, 1.165) is 0 Å². The molecule has 1 aliphatic heterocycles. The number of rotatable bonds is 3. The molecule has 1 fully saturated rings. The van der Waals surface area contributed by atoms with Crippen molar-refractivity contribution in [3.8, 4) is 0 Å². The predicted molar refractivity (Wildman–Crippen MR) is 79.5 cm³/mol. The smallest absolute Gasteiger partial charge is 0.354 e. The number of fused-ring (bicyclic) bond motifs is 1. The van der Waals surface area contributed by atoms with Gasteiger partial charge in [0.2, 0.25) is 5.91 Å². The van der Waals surface area contributed by atoms with Crippen molar-refractivity contribution in [3.63, 3.8) is 0 Å². The first kappa shape index (κ1) is 16.5. The average molecular weight is 342 g/mol. The van der Waals surface area contributed by atoms with E-state index in [4.69, 9.17) is 0 Å². The molecule has 2 aromatic rings. The van der Waals surface area contributed by atoms with Gasteiger partial charge in [-0.05, 0) is 31.9 Å². The molecule has 0 saturated carbocycles. The van der Waals surface area contributed by atoms with Crippen molar-refractivity contribution < 1.29 is 18.0 Å². The van der Waals surface area contributed by atoms with E-state index in [1.165, 1.54) is 0 Å². The maximum Gasteiger partial charge on any atom is 0.405 e. The number of piperidine rings is 1. The van der Waals surface area contributed by atoms with E-state index in [1.54, 1.807) is 23.6 Å². The summed E-state index contributed by atoms with van der Waals surface area (Å²) < 4.78 is 38.3. The van der Waals surface area contributed by atoms with Crippen LogP contribution in [0.2, 0.25) is 0 Å². The van der Waals surface area contributed by atoms with Crippen LogP contribution in [0.4, 0.5) is 19.0 Å². The molecule has 1 saturated heterocycles. The van der Waals surface area contributed by atoms with Crippen molar-refractivity contribution in [3.05, 3.63) is 18.0 Å². The third-order valence-electron chi connectivity index (χ3n) is 3.98. The number of amides is 1. The highest BCUT2D eigenvalue weighted by Gasteiger charge is 2.31. The molecule has 24 heavy (non-hydrogen) atoms. The first-order valence-corrected chi connectivity index (χ1v) is 7.62. The Morgan fingerprint density at radius 1 is 1.38 bits per heavy atom. The van der Waals surface area contributed by atoms with Crippen LogP contribution in [0.5, 0.6) is 0 Å². The van der Waals surface area contributed by atoms with Gasteiger partial charge in [-0.15, -0.1) is 15.3 Å². The number of hydrogen-bond donors (Lipinski definition) is 1. The molecule has 2 aromatic heterocycles. The predicted octanol–water partition coefficient (Wildman–Crippen LogP) is 1.33. The van der Waals surface area contributed by atoms with Crippen molar-refractivity contribution in [2.75, 3.05) is 24.5 Å². The van der Waals surface area contributed by atoms with Crippen LogP contribution in [-0.4, -0.2) is 51.5 Å². The number of aryl methyl sites for hydroxylation is 1. The molecule has 0 radical (unpaired) electrons. The third kappa shape index (κ3) is 3.57. The fourth-order valence-electron chi connectivity index (χ4n) is 2.79. The standard InChI is InChI=1S/C14H17F3N6O/c1-9-19-20-11-4-5-12(21-23(9)11)22-6-2-3-10(7-22)13(24)18-8-14(15,16)17/h4-5,10H,2-3,6-8H2,1H3,(H,18,24). The number of halogens is 3. The van der Waals surface area contributed by atoms with Gasteiger partial charge in [0.05, 0.1) is 5.92 Å². The fourth-order valence-corrected chi connectivity index (χ4v) is 2.79. The second-order valence-corrected chi connectivity index (χ2v) is 5.83. The molecular formula is C14H17F3N6O. The van der Waals surface area contributed by atoms with Crippen molar-refractivity contribution in [1.29, 1.82) is 0 Å². The number of nitrogens with zero attached hydrogens (tertiary/aromatic N) is 5. The second kappa shape index (κ2) is 6.25. The molecular weight excluding hydrogens is 325 g/mol. The van der Waals surface area contributed by atoms with Crippen LogP contribution in [0.1, 0.15) is 18.7 Å². The second-order valence-electron chi connectivity index (χ2n) is 5.83. The van der Waals surface area contributed by atoms with E-state index in [-0.39, 0.29) is 0 Å². The van der Waals surface area contributed by atoms with E-state index in [0.29, 0.717) is 43.2 Å². The molecule has 130 valence electrons. The summed E-state index contributed by atoms with van der Waals surface area (Å²) in [6, 6.07) is 3.55. The third-order valence-corrected chi connectivity index (χ3v) is 3.98. The number of carbonyl (C=O) groups is 1. The summed E-state index contributed by atoms with van der Waals surface area (Å²) in [5.74, 6) is 0.237. The number of hydrogen-bond acceptors (Lipinski definition) is 5. The van der Waals surface area contributed by atoms with Crippen molar-refractivity contribution in [2.24, 2.45) is 5.92 Å². The van der Waals surface area contributed by atoms with Gasteiger partial charge in [0.25, 0.3) is 0 Å². The van der Waals surface area contributed by atoms with Crippen LogP contribution >= 0.6 is 0 Å². The Labute approximate surface area is 135 Å². The number of aromatic nitrogens is 4. The molecule has 1 atom stereocenters. The van der Waals surface area contributed by atoms with Crippen molar-refractivity contribution in [2.45, 2.75) is 25.9 Å². The molecule has 10 heteroatoms. The van der Waals surface area contributed by atoms with E-state index in [2.05, 4.69) is 15.3 Å². The summed E-state index contributed by atoms with van der Waals surface area (Å²) in [5, 5.41) is 14.3. The Balaban J connectivity index is 1.70. The Morgan fingerprint density at radius 2 is 2.17 bits per heavy atom. The summed E-state index contributed by atoms with van der Waals surface area (Å²) in [4.78, 5) is 13.9. The summed E-state index contributed by atoms with van der Waals surface area (Å²) in [7, 11) is 0. The first-order valence-electron chi connectivity index (χ1n) is 7.62. The highest BCUT2D eigenvalue weighted by Crippen LogP contribution is 2.22. The van der Waals surface area contributed by atoms with Gasteiger partial charge in [-0.3, -0.25) is 4.79 Å². The highest BCUT2D eigenvalue weighted by atomic mass is 19.4. The van der Waals surface area contributed by atoms with Crippen LogP contribution in [0.15, 0.2) is 12.1 Å². The quantitative estimate of drug-likeness (QED) is 0.911. The SMILES string of the molecule is Cc1nnc2ccc(N3CCCC(C(=O)NCC(F)(F)F)C3)nn12. The number of anilines is 1. The Morgan fingerprint density at radius 3 is 2.92 bits per heavy atom. The van der Waals surface area contributed by atoms with Crippen LogP contribution in [-0.2, 0) is 4.79 Å². The Hall–Kier alpha value is -2.39. The van der Waals surface area contributed by atoms with Gasteiger partial charge in [-0.1, -0.05) is 0 Å². The lowest BCUT2D eigenvalue weighted by molar-refractivity contribution is -0.140. The first-order chi connectivity index (χ1) is 11.3. The van der Waals surface area contributed by atoms with Gasteiger partial charge >= 0.3 is 6.18 Å². The fraction of sp³-hybridized carbons (Fsp3) is 0.571. The lowest BCUT2D eigenvalue weighted by Crippen LogP contribution is -2.45. The summed E-state index contributed by atoms with van der Waals surface area (Å²) in [6.45, 7) is 1.51. The normalized spacial score (nSPS) is 18.8. The maximum absolute atomic E-state index is 12.2. The lowest BCUT2D eigenvalue weighted by atomic mass is 9.97. The van der Waals surface area contributed by atoms with Gasteiger partial charge in [0.1, 0.15) is 12.4 Å². The molecule has 0 aromatic carbocycles. The van der Waals surface area contributed by atoms with Gasteiger partial charge in [-0.25, -0.2) is 0 Å². The highest BCUT2D eigenvalue weighted by molar-refractivity contribution is 5.79. The Bertz CT molecular complexity index is 744. The summed E-state index contributed by atoms with van der Waals surface area (Å²) in [6.07, 6.45) is -3.12. The van der Waals surface area contributed by atoms with E-state index in [9.17, 15) is 18.0 Å². The zero-order chi connectivity index (χ0) is 17.3. The lowest BCUT2D eigenvalue weighted by Gasteiger charge is -2.32. The number of alkyl halides is 3. The number of carbonyl (C=O) groups excluding carboxylic acids is 1. The molecule has 7 nitrogen and oxygen atoms in total. The number of nitrogens with one attached hydrogen (secondary N) is 1. The topological polar surface area (TPSA) is 75.4 Å². The van der Waals surface area contributed by atoms with Crippen LogP contribution in [0.3, 0.4) is 0 Å². The van der Waals surface area contributed by atoms with Crippen LogP contribution < -0.4 is 10.2 Å². The van der Waals surface area contributed by atoms with Crippen LogP contribution in [0, 0.1) is 12.8 Å². The molecule has 0 aliphatic carbocycles. The minimum Gasteiger partial charge on any atom is -0.354 e. The van der Waals surface area contributed by atoms with E-state index >= 15 is 0 Å². The summed E-state index contributed by atoms with van der Waals surface area (Å²) in [5.41, 5.74) is 0.618. The Kier molecular flexibility index (Phi) is 4.29. The molecule has 3 rings (SSSR count). The zero-order valence-corrected chi connectivity index (χ0v) is 13.0. The zero-order valence-electron chi connectivity index (χ0n) is 13.0. The van der Waals surface area contributed by atoms with E-state index in [1.807, 2.05) is 10.2 Å². The molecule has 1 amide bonds. The molecule has 1 N–H and O–H groups in total. The molecule has 3 heterocycles.